The molecule has 1 saturated heterocycles. The van der Waals surface area contributed by atoms with Crippen LogP contribution in [0.5, 0.6) is 0 Å². The van der Waals surface area contributed by atoms with Crippen LogP contribution in [0, 0.1) is 6.92 Å². The summed E-state index contributed by atoms with van der Waals surface area (Å²) in [5.74, 6) is 0.874. The van der Waals surface area contributed by atoms with Gasteiger partial charge >= 0.3 is 0 Å². The van der Waals surface area contributed by atoms with Gasteiger partial charge in [-0.05, 0) is 25.1 Å². The lowest BCUT2D eigenvalue weighted by molar-refractivity contribution is 0.0740. The van der Waals surface area contributed by atoms with Crippen LogP contribution in [0.2, 0.25) is 0 Å². The SMILES string of the molecule is Cc1ccc(-c2cc(C(=O)N3CCN(c4ccc5nccn5n4)CC3)[nH]n2)cc1. The van der Waals surface area contributed by atoms with Gasteiger partial charge in [0, 0.05) is 44.1 Å². The predicted octanol–water partition coefficient (Wildman–Crippen LogP) is 2.39. The monoisotopic (exact) mass is 387 g/mol. The second-order valence-corrected chi connectivity index (χ2v) is 7.23. The molecular weight excluding hydrogens is 366 g/mol. The number of nitrogens with zero attached hydrogens (tertiary/aromatic N) is 6. The predicted molar refractivity (Wildman–Crippen MR) is 110 cm³/mol. The lowest BCUT2D eigenvalue weighted by Crippen LogP contribution is -2.49. The van der Waals surface area contributed by atoms with Crippen LogP contribution in [0.4, 0.5) is 5.82 Å². The molecule has 1 aliphatic heterocycles. The maximum absolute atomic E-state index is 12.9. The Hall–Kier alpha value is -3.68. The molecule has 29 heavy (non-hydrogen) atoms. The van der Waals surface area contributed by atoms with Crippen molar-refractivity contribution in [1.82, 2.24) is 29.7 Å². The van der Waals surface area contributed by atoms with Crippen LogP contribution in [0.1, 0.15) is 16.1 Å². The van der Waals surface area contributed by atoms with E-state index < -0.39 is 0 Å². The second-order valence-electron chi connectivity index (χ2n) is 7.23. The number of rotatable bonds is 3. The quantitative estimate of drug-likeness (QED) is 0.584. The Kier molecular flexibility index (Phi) is 4.23. The number of fused-ring (bicyclic) bond motifs is 1. The van der Waals surface area contributed by atoms with E-state index in [2.05, 4.69) is 25.2 Å². The summed E-state index contributed by atoms with van der Waals surface area (Å²) in [5.41, 5.74) is 4.32. The summed E-state index contributed by atoms with van der Waals surface area (Å²) < 4.78 is 1.77. The summed E-state index contributed by atoms with van der Waals surface area (Å²) in [6.45, 7) is 4.80. The van der Waals surface area contributed by atoms with E-state index in [1.54, 1.807) is 10.7 Å². The first-order chi connectivity index (χ1) is 14.2. The first-order valence-electron chi connectivity index (χ1n) is 9.64. The normalized spacial score (nSPS) is 14.5. The number of anilines is 1. The van der Waals surface area contributed by atoms with Gasteiger partial charge in [-0.15, -0.1) is 5.10 Å². The number of benzene rings is 1. The lowest BCUT2D eigenvalue weighted by Gasteiger charge is -2.35. The average molecular weight is 387 g/mol. The van der Waals surface area contributed by atoms with E-state index in [9.17, 15) is 4.79 Å². The lowest BCUT2D eigenvalue weighted by atomic mass is 10.1. The van der Waals surface area contributed by atoms with Crippen molar-refractivity contribution in [2.45, 2.75) is 6.92 Å². The third-order valence-corrected chi connectivity index (χ3v) is 5.29. The Balaban J connectivity index is 1.26. The fourth-order valence-corrected chi connectivity index (χ4v) is 3.59. The van der Waals surface area contributed by atoms with Crippen molar-refractivity contribution in [3.8, 4) is 11.3 Å². The van der Waals surface area contributed by atoms with Gasteiger partial charge in [0.1, 0.15) is 11.5 Å². The minimum absolute atomic E-state index is 0.0199. The van der Waals surface area contributed by atoms with Crippen molar-refractivity contribution < 1.29 is 4.79 Å². The zero-order valence-corrected chi connectivity index (χ0v) is 16.1. The number of hydrogen-bond acceptors (Lipinski definition) is 5. The van der Waals surface area contributed by atoms with Gasteiger partial charge < -0.3 is 9.80 Å². The van der Waals surface area contributed by atoms with Gasteiger partial charge in [-0.1, -0.05) is 29.8 Å². The molecule has 1 aliphatic rings. The van der Waals surface area contributed by atoms with Crippen molar-refractivity contribution in [2.24, 2.45) is 0 Å². The van der Waals surface area contributed by atoms with Gasteiger partial charge in [-0.3, -0.25) is 9.89 Å². The Morgan fingerprint density at radius 3 is 2.62 bits per heavy atom. The number of amides is 1. The molecule has 4 aromatic rings. The summed E-state index contributed by atoms with van der Waals surface area (Å²) in [5, 5.41) is 11.8. The van der Waals surface area contributed by atoms with E-state index >= 15 is 0 Å². The number of nitrogens with one attached hydrogen (secondary N) is 1. The third-order valence-electron chi connectivity index (χ3n) is 5.29. The van der Waals surface area contributed by atoms with Crippen LogP contribution >= 0.6 is 0 Å². The number of carbonyl (C=O) groups is 1. The smallest absolute Gasteiger partial charge is 0.272 e. The average Bonchev–Trinajstić information content (AvgIpc) is 3.43. The van der Waals surface area contributed by atoms with Crippen molar-refractivity contribution in [1.29, 1.82) is 0 Å². The molecule has 1 aromatic carbocycles. The molecule has 0 saturated carbocycles. The molecule has 8 nitrogen and oxygen atoms in total. The molecule has 0 spiro atoms. The van der Waals surface area contributed by atoms with Crippen LogP contribution < -0.4 is 4.90 Å². The van der Waals surface area contributed by atoms with Gasteiger partial charge in [-0.2, -0.15) is 5.10 Å². The fraction of sp³-hybridized carbons (Fsp3) is 0.238. The highest BCUT2D eigenvalue weighted by atomic mass is 16.2. The zero-order chi connectivity index (χ0) is 19.8. The second kappa shape index (κ2) is 7.05. The first kappa shape index (κ1) is 17.4. The van der Waals surface area contributed by atoms with E-state index in [4.69, 9.17) is 0 Å². The van der Waals surface area contributed by atoms with Crippen molar-refractivity contribution in [3.05, 3.63) is 66.1 Å². The molecule has 8 heteroatoms. The van der Waals surface area contributed by atoms with Crippen molar-refractivity contribution in [2.75, 3.05) is 31.1 Å². The van der Waals surface area contributed by atoms with E-state index in [0.29, 0.717) is 18.8 Å². The highest BCUT2D eigenvalue weighted by Gasteiger charge is 2.24. The number of piperazine rings is 1. The standard InChI is InChI=1S/C21H21N7O/c1-15-2-4-16(5-3-15)17-14-18(24-23-17)21(29)27-12-10-26(11-13-27)20-7-6-19-22-8-9-28(19)25-20/h2-9,14H,10-13H2,1H3,(H,23,24). The Morgan fingerprint density at radius 2 is 1.83 bits per heavy atom. The summed E-state index contributed by atoms with van der Waals surface area (Å²) in [7, 11) is 0. The van der Waals surface area contributed by atoms with Gasteiger partial charge in [0.25, 0.3) is 5.91 Å². The molecule has 0 radical (unpaired) electrons. The molecule has 5 rings (SSSR count). The first-order valence-corrected chi connectivity index (χ1v) is 9.64. The van der Waals surface area contributed by atoms with Crippen LogP contribution in [0.25, 0.3) is 16.9 Å². The maximum atomic E-state index is 12.9. The number of aromatic amines is 1. The summed E-state index contributed by atoms with van der Waals surface area (Å²) in [6, 6.07) is 13.9. The van der Waals surface area contributed by atoms with Crippen LogP contribution in [0.15, 0.2) is 54.9 Å². The largest absolute Gasteiger partial charge is 0.352 e. The molecule has 1 fully saturated rings. The zero-order valence-electron chi connectivity index (χ0n) is 16.1. The summed E-state index contributed by atoms with van der Waals surface area (Å²) in [6.07, 6.45) is 3.57. The molecular formula is C21H21N7O. The van der Waals surface area contributed by atoms with Crippen molar-refractivity contribution >= 4 is 17.4 Å². The highest BCUT2D eigenvalue weighted by molar-refractivity contribution is 5.93. The Bertz CT molecular complexity index is 1150. The number of imidazole rings is 1. The molecule has 1 amide bonds. The molecule has 0 unspecified atom stereocenters. The number of H-pyrrole nitrogens is 1. The maximum Gasteiger partial charge on any atom is 0.272 e. The van der Waals surface area contributed by atoms with Gasteiger partial charge in [-0.25, -0.2) is 9.50 Å². The molecule has 0 bridgehead atoms. The molecule has 1 N–H and O–H groups in total. The fourth-order valence-electron chi connectivity index (χ4n) is 3.59. The number of aryl methyl sites for hydroxylation is 1. The van der Waals surface area contributed by atoms with E-state index in [0.717, 1.165) is 35.8 Å². The molecule has 0 atom stereocenters. The van der Waals surface area contributed by atoms with E-state index in [1.807, 2.05) is 60.5 Å². The van der Waals surface area contributed by atoms with Crippen molar-refractivity contribution in [3.63, 3.8) is 0 Å². The van der Waals surface area contributed by atoms with Crippen LogP contribution in [-0.2, 0) is 0 Å². The highest BCUT2D eigenvalue weighted by Crippen LogP contribution is 2.20. The molecule has 146 valence electrons. The minimum atomic E-state index is -0.0199. The van der Waals surface area contributed by atoms with Gasteiger partial charge in [0.15, 0.2) is 5.65 Å². The Morgan fingerprint density at radius 1 is 1.03 bits per heavy atom. The van der Waals surface area contributed by atoms with Crippen LogP contribution in [0.3, 0.4) is 0 Å². The third kappa shape index (κ3) is 3.33. The summed E-state index contributed by atoms with van der Waals surface area (Å²) >= 11 is 0. The van der Waals surface area contributed by atoms with Gasteiger partial charge in [0.2, 0.25) is 0 Å². The molecule has 0 aliphatic carbocycles. The minimum Gasteiger partial charge on any atom is -0.352 e. The topological polar surface area (TPSA) is 82.4 Å². The number of hydrogen-bond donors (Lipinski definition) is 1. The van der Waals surface area contributed by atoms with Gasteiger partial charge in [0.05, 0.1) is 5.69 Å². The number of aromatic nitrogens is 5. The van der Waals surface area contributed by atoms with E-state index in [-0.39, 0.29) is 5.91 Å². The Labute approximate surface area is 167 Å². The van der Waals surface area contributed by atoms with Crippen LogP contribution in [-0.4, -0.2) is 61.8 Å². The summed E-state index contributed by atoms with van der Waals surface area (Å²) in [4.78, 5) is 21.2. The molecule has 3 aromatic heterocycles. The number of carbonyl (C=O) groups excluding carboxylic acids is 1. The molecule has 4 heterocycles. The van der Waals surface area contributed by atoms with E-state index in [1.165, 1.54) is 5.56 Å².